The van der Waals surface area contributed by atoms with E-state index in [4.69, 9.17) is 9.47 Å². The highest BCUT2D eigenvalue weighted by Gasteiger charge is 2.43. The minimum atomic E-state index is -0.477. The van der Waals surface area contributed by atoms with Gasteiger partial charge in [0.2, 0.25) is 0 Å². The van der Waals surface area contributed by atoms with Gasteiger partial charge in [0.05, 0.1) is 13.2 Å². The number of nitrogens with zero attached hydrogens (tertiary/aromatic N) is 4. The molecule has 7 heteroatoms. The van der Waals surface area contributed by atoms with E-state index in [1.807, 2.05) is 18.2 Å². The Morgan fingerprint density at radius 3 is 2.61 bits per heavy atom. The van der Waals surface area contributed by atoms with Crippen molar-refractivity contribution in [2.45, 2.75) is 44.4 Å². The number of likely N-dealkylation sites (tertiary alicyclic amines) is 1. The highest BCUT2D eigenvalue weighted by molar-refractivity contribution is 5.43. The van der Waals surface area contributed by atoms with Gasteiger partial charge < -0.3 is 19.5 Å². The Balaban J connectivity index is 1.27. The van der Waals surface area contributed by atoms with Crippen LogP contribution in [-0.2, 0) is 6.54 Å². The number of aliphatic hydroxyl groups is 1. The van der Waals surface area contributed by atoms with E-state index < -0.39 is 6.10 Å². The van der Waals surface area contributed by atoms with Crippen molar-refractivity contribution in [3.63, 3.8) is 0 Å². The molecule has 3 aliphatic rings. The van der Waals surface area contributed by atoms with Crippen LogP contribution in [0.3, 0.4) is 0 Å². The Morgan fingerprint density at radius 2 is 1.87 bits per heavy atom. The highest BCUT2D eigenvalue weighted by Crippen LogP contribution is 2.40. The fraction of sp³-hybridized carbons (Fsp3) is 0.583. The Labute approximate surface area is 184 Å². The summed E-state index contributed by atoms with van der Waals surface area (Å²) in [5.41, 5.74) is 1.23. The average molecular weight is 425 g/mol. The van der Waals surface area contributed by atoms with Crippen molar-refractivity contribution in [1.29, 1.82) is 0 Å². The second-order valence-electron chi connectivity index (χ2n) is 9.17. The van der Waals surface area contributed by atoms with Gasteiger partial charge in [0, 0.05) is 25.8 Å². The molecule has 1 aromatic heterocycles. The van der Waals surface area contributed by atoms with Crippen LogP contribution in [0, 0.1) is 11.8 Å². The van der Waals surface area contributed by atoms with Crippen molar-refractivity contribution in [2.24, 2.45) is 11.8 Å². The fourth-order valence-corrected chi connectivity index (χ4v) is 5.44. The summed E-state index contributed by atoms with van der Waals surface area (Å²) in [6, 6.07) is 10.1. The lowest BCUT2D eigenvalue weighted by molar-refractivity contribution is -0.0241. The molecule has 1 aliphatic carbocycles. The second kappa shape index (κ2) is 9.01. The molecule has 0 amide bonds. The maximum Gasteiger partial charge on any atom is 0.162 e. The van der Waals surface area contributed by atoms with Crippen LogP contribution in [-0.4, -0.2) is 65.7 Å². The summed E-state index contributed by atoms with van der Waals surface area (Å²) in [5, 5.41) is 19.1. The molecular weight excluding hydrogens is 392 g/mol. The van der Waals surface area contributed by atoms with Crippen LogP contribution in [0.1, 0.15) is 31.2 Å². The lowest BCUT2D eigenvalue weighted by atomic mass is 9.78. The minimum absolute atomic E-state index is 0.223. The van der Waals surface area contributed by atoms with Gasteiger partial charge in [0.15, 0.2) is 17.3 Å². The first-order chi connectivity index (χ1) is 15.2. The third-order valence-electron chi connectivity index (χ3n) is 7.08. The predicted octanol–water partition coefficient (Wildman–Crippen LogP) is 2.74. The van der Waals surface area contributed by atoms with E-state index in [9.17, 15) is 5.11 Å². The third-order valence-corrected chi connectivity index (χ3v) is 7.08. The summed E-state index contributed by atoms with van der Waals surface area (Å²) in [6.45, 7) is 5.11. The zero-order chi connectivity index (χ0) is 21.2. The van der Waals surface area contributed by atoms with Crippen LogP contribution < -0.4 is 14.4 Å². The van der Waals surface area contributed by atoms with E-state index in [0.29, 0.717) is 11.8 Å². The molecule has 0 bridgehead atoms. The zero-order valence-corrected chi connectivity index (χ0v) is 18.2. The number of rotatable bonds is 6. The number of aromatic nitrogens is 2. The number of hydrogen-bond donors (Lipinski definition) is 1. The molecule has 31 heavy (non-hydrogen) atoms. The average Bonchev–Trinajstić information content (AvgIpc) is 3.44. The summed E-state index contributed by atoms with van der Waals surface area (Å²) in [4.78, 5) is 4.76. The molecular formula is C24H32N4O3. The summed E-state index contributed by atoms with van der Waals surface area (Å²) in [6.07, 6.45) is 5.15. The van der Waals surface area contributed by atoms with Crippen LogP contribution >= 0.6 is 0 Å². The first-order valence-corrected chi connectivity index (χ1v) is 11.5. The van der Waals surface area contributed by atoms with Crippen LogP contribution in [0.2, 0.25) is 0 Å². The third kappa shape index (κ3) is 4.48. The van der Waals surface area contributed by atoms with E-state index in [1.165, 1.54) is 18.4 Å². The van der Waals surface area contributed by atoms with Gasteiger partial charge in [-0.3, -0.25) is 4.90 Å². The van der Waals surface area contributed by atoms with E-state index >= 15 is 0 Å². The molecule has 3 fully saturated rings. The molecule has 4 atom stereocenters. The summed E-state index contributed by atoms with van der Waals surface area (Å²) < 4.78 is 12.0. The van der Waals surface area contributed by atoms with Crippen molar-refractivity contribution in [2.75, 3.05) is 38.2 Å². The van der Waals surface area contributed by atoms with E-state index in [1.54, 1.807) is 13.3 Å². The van der Waals surface area contributed by atoms with Gasteiger partial charge in [0.25, 0.3) is 0 Å². The molecule has 2 aliphatic heterocycles. The number of methoxy groups -OCH3 is 1. The number of ether oxygens (including phenoxy) is 2. The van der Waals surface area contributed by atoms with Crippen molar-refractivity contribution >= 4 is 5.82 Å². The molecule has 1 saturated carbocycles. The summed E-state index contributed by atoms with van der Waals surface area (Å²) in [7, 11) is 1.67. The number of benzene rings is 1. The molecule has 7 nitrogen and oxygen atoms in total. The SMILES string of the molecule is COc1ccc(CN2CCCC2)cc1O[C@@H]1C[C@@H]2CN(c3cccnn3)C[C@@H]2C[C@H]1O. The first kappa shape index (κ1) is 20.5. The Bertz CT molecular complexity index is 874. The monoisotopic (exact) mass is 424 g/mol. The molecule has 166 valence electrons. The molecule has 0 unspecified atom stereocenters. The van der Waals surface area contributed by atoms with Crippen LogP contribution in [0.25, 0.3) is 0 Å². The van der Waals surface area contributed by atoms with Gasteiger partial charge in [0.1, 0.15) is 6.10 Å². The smallest absolute Gasteiger partial charge is 0.162 e. The zero-order valence-electron chi connectivity index (χ0n) is 18.2. The molecule has 0 radical (unpaired) electrons. The molecule has 1 N–H and O–H groups in total. The normalized spacial score (nSPS) is 28.5. The maximum absolute atomic E-state index is 10.9. The molecule has 2 saturated heterocycles. The maximum atomic E-state index is 10.9. The van der Waals surface area contributed by atoms with Crippen molar-refractivity contribution in [3.8, 4) is 11.5 Å². The first-order valence-electron chi connectivity index (χ1n) is 11.5. The Morgan fingerprint density at radius 1 is 1.06 bits per heavy atom. The number of hydrogen-bond acceptors (Lipinski definition) is 7. The lowest BCUT2D eigenvalue weighted by Gasteiger charge is -2.35. The van der Waals surface area contributed by atoms with Gasteiger partial charge in [-0.05, 0) is 80.4 Å². The molecule has 1 aromatic carbocycles. The van der Waals surface area contributed by atoms with E-state index in [0.717, 1.165) is 62.9 Å². The quantitative estimate of drug-likeness (QED) is 0.765. The molecule has 0 spiro atoms. The Kier molecular flexibility index (Phi) is 5.96. The van der Waals surface area contributed by atoms with Crippen LogP contribution in [0.5, 0.6) is 11.5 Å². The largest absolute Gasteiger partial charge is 0.493 e. The van der Waals surface area contributed by atoms with Gasteiger partial charge >= 0.3 is 0 Å². The predicted molar refractivity (Wildman–Crippen MR) is 118 cm³/mol. The second-order valence-corrected chi connectivity index (χ2v) is 9.17. The van der Waals surface area contributed by atoms with E-state index in [2.05, 4.69) is 32.1 Å². The number of fused-ring (bicyclic) bond motifs is 1. The van der Waals surface area contributed by atoms with Crippen LogP contribution in [0.4, 0.5) is 5.82 Å². The number of aliphatic hydroxyl groups excluding tert-OH is 1. The summed E-state index contributed by atoms with van der Waals surface area (Å²) >= 11 is 0. The van der Waals surface area contributed by atoms with Crippen molar-refractivity contribution in [1.82, 2.24) is 15.1 Å². The van der Waals surface area contributed by atoms with Gasteiger partial charge in [-0.25, -0.2) is 0 Å². The van der Waals surface area contributed by atoms with Crippen molar-refractivity contribution < 1.29 is 14.6 Å². The van der Waals surface area contributed by atoms with Gasteiger partial charge in [-0.15, -0.1) is 5.10 Å². The van der Waals surface area contributed by atoms with Gasteiger partial charge in [-0.2, -0.15) is 5.10 Å². The highest BCUT2D eigenvalue weighted by atomic mass is 16.5. The van der Waals surface area contributed by atoms with Crippen molar-refractivity contribution in [3.05, 3.63) is 42.1 Å². The molecule has 5 rings (SSSR count). The standard InChI is InChI=1S/C24H32N4O3/c1-30-21-7-6-17(14-27-9-2-3-10-27)11-23(21)31-22-13-19-16-28(15-18(19)12-20(22)29)24-5-4-8-25-26-24/h4-8,11,18-20,22,29H,2-3,9-10,12-16H2,1H3/t18-,19+,20+,22+/m0/s1. The fourth-order valence-electron chi connectivity index (χ4n) is 5.44. The minimum Gasteiger partial charge on any atom is -0.493 e. The molecule has 3 heterocycles. The van der Waals surface area contributed by atoms with E-state index in [-0.39, 0.29) is 6.10 Å². The Hall–Kier alpha value is -2.38. The van der Waals surface area contributed by atoms with Crippen LogP contribution in [0.15, 0.2) is 36.5 Å². The molecule has 2 aromatic rings. The summed E-state index contributed by atoms with van der Waals surface area (Å²) in [5.74, 6) is 3.33. The van der Waals surface area contributed by atoms with Gasteiger partial charge in [-0.1, -0.05) is 6.07 Å². The number of anilines is 1. The topological polar surface area (TPSA) is 71.0 Å². The lowest BCUT2D eigenvalue weighted by Crippen LogP contribution is -2.42.